The maximum atomic E-state index is 12.0. The number of esters is 1. The number of carbonyl (C=O) groups is 2. The van der Waals surface area contributed by atoms with Crippen LogP contribution in [0.1, 0.15) is 0 Å². The number of para-hydroxylation sites is 1. The summed E-state index contributed by atoms with van der Waals surface area (Å²) in [5.41, 5.74) is 1.81. The maximum Gasteiger partial charge on any atom is 0.316 e. The van der Waals surface area contributed by atoms with Crippen LogP contribution in [0.2, 0.25) is 0 Å². The molecular weight excluding hydrogens is 376 g/mol. The Morgan fingerprint density at radius 3 is 2.29 bits per heavy atom. The Kier molecular flexibility index (Phi) is 6.44. The van der Waals surface area contributed by atoms with Crippen molar-refractivity contribution < 1.29 is 14.3 Å². The van der Waals surface area contributed by atoms with Gasteiger partial charge in [-0.25, -0.2) is 0 Å². The Labute approximate surface area is 167 Å². The average molecular weight is 396 g/mol. The van der Waals surface area contributed by atoms with Gasteiger partial charge in [0.2, 0.25) is 0 Å². The van der Waals surface area contributed by atoms with Crippen molar-refractivity contribution in [3.63, 3.8) is 0 Å². The number of hydrogen-bond acceptors (Lipinski definition) is 6. The molecule has 28 heavy (non-hydrogen) atoms. The Hall–Kier alpha value is -3.13. The van der Waals surface area contributed by atoms with Crippen molar-refractivity contribution in [1.29, 1.82) is 0 Å². The molecule has 7 nitrogen and oxygen atoms in total. The Bertz CT molecular complexity index is 943. The van der Waals surface area contributed by atoms with Gasteiger partial charge < -0.3 is 9.64 Å². The van der Waals surface area contributed by atoms with Crippen molar-refractivity contribution in [2.75, 3.05) is 26.5 Å². The molecule has 3 aromatic rings. The van der Waals surface area contributed by atoms with Crippen molar-refractivity contribution in [3.05, 3.63) is 60.7 Å². The molecule has 8 heteroatoms. The number of nitrogens with zero attached hydrogens (tertiary/aromatic N) is 4. The van der Waals surface area contributed by atoms with Crippen LogP contribution in [0, 0.1) is 0 Å². The van der Waals surface area contributed by atoms with E-state index in [9.17, 15) is 9.59 Å². The SMILES string of the molecule is CN(C)C(=O)COC(=O)CSc1nnc(-c2ccccc2)n1-c1ccccc1. The molecule has 1 heterocycles. The zero-order valence-corrected chi connectivity index (χ0v) is 16.4. The van der Waals surface area contributed by atoms with Crippen LogP contribution >= 0.6 is 11.8 Å². The van der Waals surface area contributed by atoms with E-state index >= 15 is 0 Å². The predicted octanol–water partition coefficient (Wildman–Crippen LogP) is 2.66. The molecule has 0 saturated heterocycles. The zero-order valence-electron chi connectivity index (χ0n) is 15.6. The van der Waals surface area contributed by atoms with E-state index in [1.165, 1.54) is 16.7 Å². The highest BCUT2D eigenvalue weighted by atomic mass is 32.2. The van der Waals surface area contributed by atoms with E-state index in [0.717, 1.165) is 11.3 Å². The van der Waals surface area contributed by atoms with E-state index in [4.69, 9.17) is 4.74 Å². The largest absolute Gasteiger partial charge is 0.455 e. The summed E-state index contributed by atoms with van der Waals surface area (Å²) in [5, 5.41) is 9.14. The van der Waals surface area contributed by atoms with Gasteiger partial charge in [0.25, 0.3) is 5.91 Å². The minimum atomic E-state index is -0.482. The third kappa shape index (κ3) is 4.77. The van der Waals surface area contributed by atoms with Gasteiger partial charge in [-0.15, -0.1) is 10.2 Å². The second kappa shape index (κ2) is 9.18. The third-order valence-corrected chi connectivity index (χ3v) is 4.76. The van der Waals surface area contributed by atoms with E-state index < -0.39 is 5.97 Å². The summed E-state index contributed by atoms with van der Waals surface area (Å²) < 4.78 is 6.92. The molecular formula is C20H20N4O3S. The quantitative estimate of drug-likeness (QED) is 0.451. The lowest BCUT2D eigenvalue weighted by atomic mass is 10.2. The first-order valence-corrected chi connectivity index (χ1v) is 9.59. The van der Waals surface area contributed by atoms with Crippen LogP contribution in [0.5, 0.6) is 0 Å². The molecule has 0 saturated carbocycles. The lowest BCUT2D eigenvalue weighted by molar-refractivity contribution is -0.148. The average Bonchev–Trinajstić information content (AvgIpc) is 3.15. The summed E-state index contributed by atoms with van der Waals surface area (Å²) >= 11 is 1.22. The second-order valence-corrected chi connectivity index (χ2v) is 7.02. The fourth-order valence-electron chi connectivity index (χ4n) is 2.38. The molecule has 1 aromatic heterocycles. The van der Waals surface area contributed by atoms with Gasteiger partial charge in [0.05, 0.1) is 5.75 Å². The normalized spacial score (nSPS) is 10.5. The highest BCUT2D eigenvalue weighted by Crippen LogP contribution is 2.27. The maximum absolute atomic E-state index is 12.0. The second-order valence-electron chi connectivity index (χ2n) is 6.08. The Morgan fingerprint density at radius 2 is 1.64 bits per heavy atom. The van der Waals surface area contributed by atoms with Gasteiger partial charge in [0.15, 0.2) is 17.6 Å². The van der Waals surface area contributed by atoms with Gasteiger partial charge in [-0.3, -0.25) is 14.2 Å². The number of hydrogen-bond donors (Lipinski definition) is 0. The van der Waals surface area contributed by atoms with E-state index in [-0.39, 0.29) is 18.3 Å². The van der Waals surface area contributed by atoms with E-state index in [2.05, 4.69) is 10.2 Å². The van der Waals surface area contributed by atoms with E-state index in [1.807, 2.05) is 65.2 Å². The lowest BCUT2D eigenvalue weighted by Crippen LogP contribution is -2.27. The number of amides is 1. The first-order chi connectivity index (χ1) is 13.6. The van der Waals surface area contributed by atoms with Crippen LogP contribution in [-0.4, -0.2) is 58.0 Å². The van der Waals surface area contributed by atoms with Crippen molar-refractivity contribution in [2.45, 2.75) is 5.16 Å². The molecule has 0 bridgehead atoms. The van der Waals surface area contributed by atoms with Gasteiger partial charge in [-0.1, -0.05) is 60.3 Å². The molecule has 1 amide bonds. The highest BCUT2D eigenvalue weighted by molar-refractivity contribution is 7.99. The standard InChI is InChI=1S/C20H20N4O3S/c1-23(2)17(25)13-27-18(26)14-28-20-22-21-19(15-9-5-3-6-10-15)24(20)16-11-7-4-8-12-16/h3-12H,13-14H2,1-2H3. The van der Waals surface area contributed by atoms with Crippen molar-refractivity contribution in [1.82, 2.24) is 19.7 Å². The summed E-state index contributed by atoms with van der Waals surface area (Å²) in [4.78, 5) is 24.9. The predicted molar refractivity (Wildman–Crippen MR) is 107 cm³/mol. The molecule has 2 aromatic carbocycles. The van der Waals surface area contributed by atoms with Gasteiger partial charge in [-0.2, -0.15) is 0 Å². The third-order valence-electron chi connectivity index (χ3n) is 3.85. The number of carbonyl (C=O) groups excluding carboxylic acids is 2. The summed E-state index contributed by atoms with van der Waals surface area (Å²) in [5.74, 6) is -0.0350. The van der Waals surface area contributed by atoms with Crippen LogP contribution in [-0.2, 0) is 14.3 Å². The summed E-state index contributed by atoms with van der Waals surface area (Å²) in [7, 11) is 3.22. The number of aromatic nitrogens is 3. The van der Waals surface area contributed by atoms with Gasteiger partial charge in [-0.05, 0) is 12.1 Å². The van der Waals surface area contributed by atoms with Crippen LogP contribution in [0.3, 0.4) is 0 Å². The van der Waals surface area contributed by atoms with Crippen LogP contribution < -0.4 is 0 Å². The molecule has 0 radical (unpaired) electrons. The fraction of sp³-hybridized carbons (Fsp3) is 0.200. The molecule has 144 valence electrons. The number of ether oxygens (including phenoxy) is 1. The van der Waals surface area contributed by atoms with Crippen LogP contribution in [0.25, 0.3) is 17.1 Å². The molecule has 0 aliphatic heterocycles. The van der Waals surface area contributed by atoms with Gasteiger partial charge in [0.1, 0.15) is 0 Å². The zero-order chi connectivity index (χ0) is 19.9. The molecule has 0 N–H and O–H groups in total. The van der Waals surface area contributed by atoms with Crippen molar-refractivity contribution in [2.24, 2.45) is 0 Å². The molecule has 0 spiro atoms. The minimum absolute atomic E-state index is 0.0282. The van der Waals surface area contributed by atoms with Gasteiger partial charge in [0, 0.05) is 25.3 Å². The first-order valence-electron chi connectivity index (χ1n) is 8.61. The number of rotatable bonds is 7. The number of thioether (sulfide) groups is 1. The van der Waals surface area contributed by atoms with Crippen molar-refractivity contribution in [3.8, 4) is 17.1 Å². The topological polar surface area (TPSA) is 77.3 Å². The van der Waals surface area contributed by atoms with Crippen molar-refractivity contribution >= 4 is 23.6 Å². The summed E-state index contributed by atoms with van der Waals surface area (Å²) in [6.45, 7) is -0.271. The molecule has 0 unspecified atom stereocenters. The molecule has 0 atom stereocenters. The minimum Gasteiger partial charge on any atom is -0.455 e. The lowest BCUT2D eigenvalue weighted by Gasteiger charge is -2.11. The highest BCUT2D eigenvalue weighted by Gasteiger charge is 2.18. The van der Waals surface area contributed by atoms with E-state index in [1.54, 1.807) is 14.1 Å². The van der Waals surface area contributed by atoms with E-state index in [0.29, 0.717) is 11.0 Å². The first kappa shape index (κ1) is 19.6. The Morgan fingerprint density at radius 1 is 1.00 bits per heavy atom. The molecule has 0 aliphatic carbocycles. The fourth-order valence-corrected chi connectivity index (χ4v) is 3.13. The van der Waals surface area contributed by atoms with Crippen LogP contribution in [0.4, 0.5) is 0 Å². The molecule has 0 fully saturated rings. The molecule has 0 aliphatic rings. The van der Waals surface area contributed by atoms with Crippen LogP contribution in [0.15, 0.2) is 65.8 Å². The molecule has 3 rings (SSSR count). The number of likely N-dealkylation sites (N-methyl/N-ethyl adjacent to an activating group) is 1. The summed E-state index contributed by atoms with van der Waals surface area (Å²) in [6, 6.07) is 19.4. The summed E-state index contributed by atoms with van der Waals surface area (Å²) in [6.07, 6.45) is 0. The number of benzene rings is 2. The monoisotopic (exact) mass is 396 g/mol. The Balaban J connectivity index is 1.79. The smallest absolute Gasteiger partial charge is 0.316 e. The van der Waals surface area contributed by atoms with Gasteiger partial charge >= 0.3 is 5.97 Å².